The summed E-state index contributed by atoms with van der Waals surface area (Å²) >= 11 is 6.21. The minimum Gasteiger partial charge on any atom is -0.488 e. The molecule has 0 saturated heterocycles. The highest BCUT2D eigenvalue weighted by atomic mass is 35.5. The Morgan fingerprint density at radius 1 is 0.828 bits per heavy atom. The number of hydrogen-bond donors (Lipinski definition) is 1. The van der Waals surface area contributed by atoms with Crippen molar-refractivity contribution in [2.75, 3.05) is 0 Å². The van der Waals surface area contributed by atoms with Crippen LogP contribution in [-0.2, 0) is 13.2 Å². The first-order valence-electron chi connectivity index (χ1n) is 9.49. The second-order valence-corrected chi connectivity index (χ2v) is 7.06. The van der Waals surface area contributed by atoms with Crippen LogP contribution in [0.2, 0.25) is 5.02 Å². The Hall–Kier alpha value is -3.30. The van der Waals surface area contributed by atoms with Crippen LogP contribution in [0.15, 0.2) is 96.1 Å². The molecule has 0 saturated carbocycles. The summed E-state index contributed by atoms with van der Waals surface area (Å²) in [7, 11) is 0. The topological polar surface area (TPSA) is 33.6 Å². The van der Waals surface area contributed by atoms with Crippen LogP contribution in [0.25, 0.3) is 10.8 Å². The van der Waals surface area contributed by atoms with Gasteiger partial charge in [-0.05, 0) is 34.0 Å². The number of fused-ring (bicyclic) bond motifs is 1. The third-order valence-corrected chi connectivity index (χ3v) is 5.05. The summed E-state index contributed by atoms with van der Waals surface area (Å²) in [5, 5.41) is 7.40. The van der Waals surface area contributed by atoms with E-state index in [1.165, 1.54) is 0 Å². The van der Waals surface area contributed by atoms with Crippen molar-refractivity contribution in [2.45, 2.75) is 13.2 Å². The van der Waals surface area contributed by atoms with E-state index in [-0.39, 0.29) is 0 Å². The fourth-order valence-corrected chi connectivity index (χ4v) is 3.36. The van der Waals surface area contributed by atoms with Gasteiger partial charge in [0.1, 0.15) is 12.4 Å². The molecule has 0 amide bonds. The summed E-state index contributed by atoms with van der Waals surface area (Å²) in [5.41, 5.74) is 6.17. The molecule has 0 radical (unpaired) electrons. The summed E-state index contributed by atoms with van der Waals surface area (Å²) in [5.74, 6) is 0.802. The van der Waals surface area contributed by atoms with Gasteiger partial charge in [-0.1, -0.05) is 90.5 Å². The van der Waals surface area contributed by atoms with Crippen LogP contribution >= 0.6 is 11.6 Å². The minimum absolute atomic E-state index is 0.507. The fraction of sp³-hybridized carbons (Fsp3) is 0.0800. The van der Waals surface area contributed by atoms with Crippen LogP contribution in [0.4, 0.5) is 0 Å². The van der Waals surface area contributed by atoms with Crippen LogP contribution in [0.5, 0.6) is 5.75 Å². The maximum Gasteiger partial charge on any atom is 0.129 e. The molecular weight excluding hydrogens is 380 g/mol. The molecule has 4 rings (SSSR count). The smallest absolute Gasteiger partial charge is 0.129 e. The molecule has 0 fully saturated rings. The molecule has 0 spiro atoms. The minimum atomic E-state index is 0.507. The summed E-state index contributed by atoms with van der Waals surface area (Å²) in [6.07, 6.45) is 1.82. The molecule has 4 heteroatoms. The maximum atomic E-state index is 6.21. The number of benzene rings is 4. The van der Waals surface area contributed by atoms with Gasteiger partial charge in [-0.15, -0.1) is 0 Å². The van der Waals surface area contributed by atoms with Crippen LogP contribution in [0, 0.1) is 0 Å². The molecule has 4 aromatic rings. The zero-order chi connectivity index (χ0) is 19.9. The Labute approximate surface area is 175 Å². The first kappa shape index (κ1) is 19.0. The highest BCUT2D eigenvalue weighted by Gasteiger charge is 2.08. The number of nitrogens with one attached hydrogen (secondary N) is 1. The Balaban J connectivity index is 1.56. The van der Waals surface area contributed by atoms with E-state index < -0.39 is 0 Å². The Kier molecular flexibility index (Phi) is 6.08. The molecule has 0 aliphatic rings. The van der Waals surface area contributed by atoms with E-state index in [9.17, 15) is 0 Å². The van der Waals surface area contributed by atoms with Gasteiger partial charge in [-0.3, -0.25) is 0 Å². The van der Waals surface area contributed by atoms with E-state index in [1.807, 2.05) is 66.9 Å². The van der Waals surface area contributed by atoms with Crippen molar-refractivity contribution in [1.82, 2.24) is 5.43 Å². The zero-order valence-electron chi connectivity index (χ0n) is 15.9. The largest absolute Gasteiger partial charge is 0.488 e. The summed E-state index contributed by atoms with van der Waals surface area (Å²) in [6, 6.07) is 30.2. The Morgan fingerprint density at radius 3 is 2.45 bits per heavy atom. The molecule has 0 heterocycles. The lowest BCUT2D eigenvalue weighted by Crippen LogP contribution is -2.06. The lowest BCUT2D eigenvalue weighted by Gasteiger charge is -2.12. The molecule has 0 aromatic heterocycles. The van der Waals surface area contributed by atoms with Crippen molar-refractivity contribution in [1.29, 1.82) is 0 Å². The van der Waals surface area contributed by atoms with Gasteiger partial charge in [0.25, 0.3) is 0 Å². The van der Waals surface area contributed by atoms with Gasteiger partial charge >= 0.3 is 0 Å². The number of ether oxygens (including phenoxy) is 1. The average molecular weight is 401 g/mol. The molecule has 0 unspecified atom stereocenters. The normalized spacial score (nSPS) is 11.1. The van der Waals surface area contributed by atoms with Crippen LogP contribution < -0.4 is 10.2 Å². The number of hydrazone groups is 1. The predicted octanol–water partition coefficient (Wildman–Crippen LogP) is 6.20. The molecule has 29 heavy (non-hydrogen) atoms. The molecule has 144 valence electrons. The van der Waals surface area contributed by atoms with Gasteiger partial charge in [0.2, 0.25) is 0 Å². The number of rotatable bonds is 7. The molecule has 0 atom stereocenters. The summed E-state index contributed by atoms with van der Waals surface area (Å²) in [6.45, 7) is 1.06. The zero-order valence-corrected chi connectivity index (χ0v) is 16.6. The van der Waals surface area contributed by atoms with Gasteiger partial charge in [0.15, 0.2) is 0 Å². The van der Waals surface area contributed by atoms with Crippen LogP contribution in [0.3, 0.4) is 0 Å². The Morgan fingerprint density at radius 2 is 1.59 bits per heavy atom. The summed E-state index contributed by atoms with van der Waals surface area (Å²) in [4.78, 5) is 0. The SMILES string of the molecule is Clc1ccccc1CN/N=C\c1c(OCc2ccccc2)ccc2ccccc12. The van der Waals surface area contributed by atoms with E-state index in [1.54, 1.807) is 0 Å². The molecule has 0 bridgehead atoms. The maximum absolute atomic E-state index is 6.21. The van der Waals surface area contributed by atoms with Crippen LogP contribution in [0.1, 0.15) is 16.7 Å². The van der Waals surface area contributed by atoms with E-state index in [2.05, 4.69) is 40.9 Å². The molecule has 1 N–H and O–H groups in total. The number of nitrogens with zero attached hydrogens (tertiary/aromatic N) is 1. The van der Waals surface area contributed by atoms with Gasteiger partial charge < -0.3 is 10.2 Å². The van der Waals surface area contributed by atoms with Crippen molar-refractivity contribution in [3.05, 3.63) is 113 Å². The van der Waals surface area contributed by atoms with Gasteiger partial charge in [-0.25, -0.2) is 0 Å². The predicted molar refractivity (Wildman–Crippen MR) is 121 cm³/mol. The highest BCUT2D eigenvalue weighted by Crippen LogP contribution is 2.27. The first-order valence-corrected chi connectivity index (χ1v) is 9.87. The third kappa shape index (κ3) is 4.76. The standard InChI is InChI=1S/C25H21ClN2O/c26-24-13-7-5-11-21(24)16-27-28-17-23-22-12-6-4-10-20(22)14-15-25(23)29-18-19-8-2-1-3-9-19/h1-15,17,27H,16,18H2/b28-17-. The van der Waals surface area contributed by atoms with Gasteiger partial charge in [0.05, 0.1) is 12.8 Å². The second kappa shape index (κ2) is 9.26. The summed E-state index contributed by atoms with van der Waals surface area (Å²) < 4.78 is 6.13. The van der Waals surface area contributed by atoms with E-state index in [0.717, 1.165) is 38.2 Å². The van der Waals surface area contributed by atoms with Gasteiger partial charge in [0, 0.05) is 10.6 Å². The average Bonchev–Trinajstić information content (AvgIpc) is 2.77. The molecule has 3 nitrogen and oxygen atoms in total. The first-order chi connectivity index (χ1) is 14.3. The number of halogens is 1. The van der Waals surface area contributed by atoms with Crippen LogP contribution in [-0.4, -0.2) is 6.21 Å². The van der Waals surface area contributed by atoms with E-state index >= 15 is 0 Å². The van der Waals surface area contributed by atoms with E-state index in [4.69, 9.17) is 16.3 Å². The van der Waals surface area contributed by atoms with Gasteiger partial charge in [-0.2, -0.15) is 5.10 Å². The van der Waals surface area contributed by atoms with Crippen molar-refractivity contribution < 1.29 is 4.74 Å². The second-order valence-electron chi connectivity index (χ2n) is 6.66. The monoisotopic (exact) mass is 400 g/mol. The van der Waals surface area contributed by atoms with Crippen molar-refractivity contribution in [3.63, 3.8) is 0 Å². The Bertz CT molecular complexity index is 1130. The number of hydrogen-bond acceptors (Lipinski definition) is 3. The van der Waals surface area contributed by atoms with Crippen molar-refractivity contribution >= 4 is 28.6 Å². The lowest BCUT2D eigenvalue weighted by molar-refractivity contribution is 0.306. The molecular formula is C25H21ClN2O. The molecule has 0 aliphatic heterocycles. The molecule has 4 aromatic carbocycles. The lowest BCUT2D eigenvalue weighted by atomic mass is 10.0. The third-order valence-electron chi connectivity index (χ3n) is 4.68. The van der Waals surface area contributed by atoms with E-state index in [0.29, 0.717) is 13.2 Å². The van der Waals surface area contributed by atoms with Crippen molar-refractivity contribution in [3.8, 4) is 5.75 Å². The highest BCUT2D eigenvalue weighted by molar-refractivity contribution is 6.31. The quantitative estimate of drug-likeness (QED) is 0.296. The van der Waals surface area contributed by atoms with Crippen molar-refractivity contribution in [2.24, 2.45) is 5.10 Å². The fourth-order valence-electron chi connectivity index (χ4n) is 3.15. The molecule has 0 aliphatic carbocycles.